The van der Waals surface area contributed by atoms with E-state index >= 15 is 0 Å². The van der Waals surface area contributed by atoms with Crippen LogP contribution in [0.5, 0.6) is 0 Å². The third kappa shape index (κ3) is 4.08. The van der Waals surface area contributed by atoms with E-state index in [4.69, 9.17) is 0 Å². The van der Waals surface area contributed by atoms with Crippen LogP contribution >= 0.6 is 15.9 Å². The molecular weight excluding hydrogens is 266 g/mol. The minimum Gasteiger partial charge on any atom is -0.355 e. The Hall–Kier alpha value is -0.0500. The fraction of sp³-hybridized carbons (Fsp3) is 0.923. The smallest absolute Gasteiger partial charge is 0.225 e. The highest BCUT2D eigenvalue weighted by molar-refractivity contribution is 9.09. The van der Waals surface area contributed by atoms with E-state index in [2.05, 4.69) is 28.2 Å². The Morgan fingerprint density at radius 3 is 2.69 bits per heavy atom. The topological polar surface area (TPSA) is 29.1 Å². The van der Waals surface area contributed by atoms with Gasteiger partial charge in [-0.15, -0.1) is 0 Å². The van der Waals surface area contributed by atoms with Crippen molar-refractivity contribution in [3.63, 3.8) is 0 Å². The van der Waals surface area contributed by atoms with E-state index < -0.39 is 0 Å². The van der Waals surface area contributed by atoms with Crippen molar-refractivity contribution in [3.05, 3.63) is 0 Å². The van der Waals surface area contributed by atoms with Crippen LogP contribution in [0.15, 0.2) is 0 Å². The van der Waals surface area contributed by atoms with Crippen LogP contribution in [0.1, 0.15) is 52.9 Å². The first kappa shape index (κ1) is 14.0. The molecule has 1 fully saturated rings. The van der Waals surface area contributed by atoms with Crippen LogP contribution in [0.4, 0.5) is 0 Å². The van der Waals surface area contributed by atoms with E-state index in [0.717, 1.165) is 13.0 Å². The van der Waals surface area contributed by atoms with Gasteiger partial charge in [0.1, 0.15) is 0 Å². The second kappa shape index (κ2) is 6.04. The molecule has 0 aromatic heterocycles. The maximum absolute atomic E-state index is 11.9. The minimum absolute atomic E-state index is 0.201. The molecule has 1 aliphatic carbocycles. The molecule has 1 aliphatic rings. The van der Waals surface area contributed by atoms with Crippen molar-refractivity contribution >= 4 is 21.8 Å². The predicted octanol–water partition coefficient (Wildman–Crippen LogP) is 3.49. The summed E-state index contributed by atoms with van der Waals surface area (Å²) in [4.78, 5) is 12.6. The lowest BCUT2D eigenvalue weighted by Gasteiger charge is -2.28. The van der Waals surface area contributed by atoms with Gasteiger partial charge >= 0.3 is 0 Å². The van der Waals surface area contributed by atoms with E-state index in [1.165, 1.54) is 25.7 Å². The van der Waals surface area contributed by atoms with E-state index in [1.807, 2.05) is 13.8 Å². The number of nitrogens with one attached hydrogen (secondary N) is 1. The SMILES string of the molecule is CCC(C)(C)C(=O)NCC1CCCC(Br)C1. The molecule has 1 rings (SSSR count). The van der Waals surface area contributed by atoms with Gasteiger partial charge in [0.15, 0.2) is 0 Å². The first-order valence-corrected chi connectivity index (χ1v) is 7.29. The molecule has 0 aromatic rings. The summed E-state index contributed by atoms with van der Waals surface area (Å²) in [6.45, 7) is 6.94. The second-order valence-corrected chi connectivity index (χ2v) is 6.87. The maximum Gasteiger partial charge on any atom is 0.225 e. The Bertz CT molecular complexity index is 240. The van der Waals surface area contributed by atoms with Crippen molar-refractivity contribution in [1.82, 2.24) is 5.32 Å². The van der Waals surface area contributed by atoms with Crippen LogP contribution in [0.2, 0.25) is 0 Å². The van der Waals surface area contributed by atoms with Gasteiger partial charge in [-0.3, -0.25) is 4.79 Å². The maximum atomic E-state index is 11.9. The summed E-state index contributed by atoms with van der Waals surface area (Å²) < 4.78 is 0. The molecular formula is C13H24BrNO. The highest BCUT2D eigenvalue weighted by atomic mass is 79.9. The molecule has 0 aromatic carbocycles. The number of rotatable bonds is 4. The number of hydrogen-bond donors (Lipinski definition) is 1. The van der Waals surface area contributed by atoms with Crippen molar-refractivity contribution in [2.45, 2.75) is 57.7 Å². The quantitative estimate of drug-likeness (QED) is 0.789. The number of alkyl halides is 1. The number of amides is 1. The third-order valence-corrected chi connectivity index (χ3v) is 4.60. The molecule has 94 valence electrons. The molecule has 16 heavy (non-hydrogen) atoms. The largest absolute Gasteiger partial charge is 0.355 e. The molecule has 0 saturated heterocycles. The molecule has 1 amide bonds. The van der Waals surface area contributed by atoms with Crippen LogP contribution in [0.3, 0.4) is 0 Å². The summed E-state index contributed by atoms with van der Waals surface area (Å²) in [6, 6.07) is 0. The predicted molar refractivity (Wildman–Crippen MR) is 71.8 cm³/mol. The average Bonchev–Trinajstić information content (AvgIpc) is 2.26. The van der Waals surface area contributed by atoms with Gasteiger partial charge in [-0.25, -0.2) is 0 Å². The molecule has 2 nitrogen and oxygen atoms in total. The normalized spacial score (nSPS) is 26.5. The summed E-state index contributed by atoms with van der Waals surface area (Å²) in [6.07, 6.45) is 5.92. The van der Waals surface area contributed by atoms with E-state index in [-0.39, 0.29) is 11.3 Å². The van der Waals surface area contributed by atoms with Crippen molar-refractivity contribution < 1.29 is 4.79 Å². The summed E-state index contributed by atoms with van der Waals surface area (Å²) in [5, 5.41) is 3.10. The van der Waals surface area contributed by atoms with Crippen LogP contribution in [0.25, 0.3) is 0 Å². The zero-order chi connectivity index (χ0) is 12.2. The van der Waals surface area contributed by atoms with Crippen molar-refractivity contribution in [1.29, 1.82) is 0 Å². The molecule has 0 radical (unpaired) electrons. The molecule has 2 atom stereocenters. The van der Waals surface area contributed by atoms with Gasteiger partial charge in [0.25, 0.3) is 0 Å². The fourth-order valence-electron chi connectivity index (χ4n) is 2.05. The van der Waals surface area contributed by atoms with Gasteiger partial charge in [0.05, 0.1) is 0 Å². The van der Waals surface area contributed by atoms with Gasteiger partial charge in [-0.2, -0.15) is 0 Å². The van der Waals surface area contributed by atoms with Crippen LogP contribution < -0.4 is 5.32 Å². The Kier molecular flexibility index (Phi) is 5.29. The third-order valence-electron chi connectivity index (χ3n) is 3.77. The number of carbonyl (C=O) groups is 1. The van der Waals surface area contributed by atoms with Gasteiger partial charge in [-0.1, -0.05) is 43.1 Å². The molecule has 1 saturated carbocycles. The van der Waals surface area contributed by atoms with Crippen LogP contribution in [0, 0.1) is 11.3 Å². The summed E-state index contributed by atoms with van der Waals surface area (Å²) in [5.41, 5.74) is -0.220. The number of carbonyl (C=O) groups excluding carboxylic acids is 1. The number of hydrogen-bond acceptors (Lipinski definition) is 1. The Labute approximate surface area is 108 Å². The second-order valence-electron chi connectivity index (χ2n) is 5.58. The Morgan fingerprint density at radius 1 is 1.44 bits per heavy atom. The van der Waals surface area contributed by atoms with Crippen molar-refractivity contribution in [2.24, 2.45) is 11.3 Å². The first-order valence-electron chi connectivity index (χ1n) is 6.38. The van der Waals surface area contributed by atoms with E-state index in [9.17, 15) is 4.79 Å². The lowest BCUT2D eigenvalue weighted by atomic mass is 9.87. The molecule has 0 bridgehead atoms. The summed E-state index contributed by atoms with van der Waals surface area (Å²) >= 11 is 3.68. The highest BCUT2D eigenvalue weighted by Gasteiger charge is 2.26. The lowest BCUT2D eigenvalue weighted by molar-refractivity contribution is -0.129. The molecule has 2 unspecified atom stereocenters. The lowest BCUT2D eigenvalue weighted by Crippen LogP contribution is -2.39. The molecule has 1 N–H and O–H groups in total. The monoisotopic (exact) mass is 289 g/mol. The highest BCUT2D eigenvalue weighted by Crippen LogP contribution is 2.28. The van der Waals surface area contributed by atoms with Gasteiger partial charge in [-0.05, 0) is 31.6 Å². The molecule has 0 aliphatic heterocycles. The van der Waals surface area contributed by atoms with Gasteiger partial charge in [0, 0.05) is 16.8 Å². The summed E-state index contributed by atoms with van der Waals surface area (Å²) in [5.74, 6) is 0.862. The van der Waals surface area contributed by atoms with Gasteiger partial charge < -0.3 is 5.32 Å². The zero-order valence-electron chi connectivity index (χ0n) is 10.7. The van der Waals surface area contributed by atoms with E-state index in [1.54, 1.807) is 0 Å². The fourth-order valence-corrected chi connectivity index (χ4v) is 2.90. The molecule has 3 heteroatoms. The van der Waals surface area contributed by atoms with Crippen LogP contribution in [-0.4, -0.2) is 17.3 Å². The Morgan fingerprint density at radius 2 is 2.12 bits per heavy atom. The standard InChI is InChI=1S/C13H24BrNO/c1-4-13(2,3)12(16)15-9-10-6-5-7-11(14)8-10/h10-11H,4-9H2,1-3H3,(H,15,16). The average molecular weight is 290 g/mol. The number of halogens is 1. The summed E-state index contributed by atoms with van der Waals surface area (Å²) in [7, 11) is 0. The zero-order valence-corrected chi connectivity index (χ0v) is 12.3. The van der Waals surface area contributed by atoms with E-state index in [0.29, 0.717) is 10.7 Å². The first-order chi connectivity index (χ1) is 7.45. The minimum atomic E-state index is -0.220. The van der Waals surface area contributed by atoms with Crippen LogP contribution in [-0.2, 0) is 4.79 Å². The van der Waals surface area contributed by atoms with Crippen molar-refractivity contribution in [3.8, 4) is 0 Å². The molecule has 0 spiro atoms. The van der Waals surface area contributed by atoms with Crippen molar-refractivity contribution in [2.75, 3.05) is 6.54 Å². The van der Waals surface area contributed by atoms with Gasteiger partial charge in [0.2, 0.25) is 5.91 Å². The Balaban J connectivity index is 2.31. The molecule has 0 heterocycles.